The zero-order valence-electron chi connectivity index (χ0n) is 20.3. The lowest BCUT2D eigenvalue weighted by Crippen LogP contribution is -2.47. The first kappa shape index (κ1) is 25.6. The molecule has 0 N–H and O–H groups in total. The molecule has 4 aromatic rings. The summed E-state index contributed by atoms with van der Waals surface area (Å²) >= 11 is 7.84. The van der Waals surface area contributed by atoms with Crippen LogP contribution in [0.2, 0.25) is 5.02 Å². The van der Waals surface area contributed by atoms with Crippen molar-refractivity contribution < 1.29 is 19.1 Å². The molecule has 0 aliphatic carbocycles. The Morgan fingerprint density at radius 3 is 2.43 bits per heavy atom. The molecule has 5 nitrogen and oxygen atoms in total. The molecule has 0 aromatic heterocycles. The zero-order valence-corrected chi connectivity index (χ0v) is 21.9. The topological polar surface area (TPSA) is 48.0 Å². The maximum atomic E-state index is 12.4. The van der Waals surface area contributed by atoms with E-state index in [4.69, 9.17) is 25.9 Å². The van der Waals surface area contributed by atoms with Crippen molar-refractivity contribution in [2.45, 2.75) is 35.9 Å². The molecule has 0 bridgehead atoms. The lowest BCUT2D eigenvalue weighted by Gasteiger charge is -2.36. The normalized spacial score (nSPS) is 18.0. The number of thioether (sulfide) groups is 1. The minimum absolute atomic E-state index is 0.150. The van der Waals surface area contributed by atoms with Crippen LogP contribution in [0, 0.1) is 0 Å². The Morgan fingerprint density at radius 1 is 0.865 bits per heavy atom. The zero-order chi connectivity index (χ0) is 25.5. The Kier molecular flexibility index (Phi) is 8.64. The summed E-state index contributed by atoms with van der Waals surface area (Å²) in [6.45, 7) is 1.70. The molecule has 7 heteroatoms. The van der Waals surface area contributed by atoms with Crippen molar-refractivity contribution in [3.05, 3.63) is 113 Å². The third-order valence-corrected chi connectivity index (χ3v) is 7.88. The third-order valence-electron chi connectivity index (χ3n) is 6.24. The van der Waals surface area contributed by atoms with E-state index in [0.29, 0.717) is 24.7 Å². The van der Waals surface area contributed by atoms with Crippen molar-refractivity contribution in [3.8, 4) is 0 Å². The summed E-state index contributed by atoms with van der Waals surface area (Å²) in [5.41, 5.74) is 2.02. The van der Waals surface area contributed by atoms with E-state index in [9.17, 15) is 4.79 Å². The summed E-state index contributed by atoms with van der Waals surface area (Å²) in [6, 6.07) is 32.1. The van der Waals surface area contributed by atoms with E-state index >= 15 is 0 Å². The Bertz CT molecular complexity index is 1320. The second-order valence-electron chi connectivity index (χ2n) is 8.93. The van der Waals surface area contributed by atoms with E-state index in [1.807, 2.05) is 66.7 Å². The number of piperidine rings is 1. The second-order valence-corrected chi connectivity index (χ2v) is 10.7. The Labute approximate surface area is 226 Å². The van der Waals surface area contributed by atoms with Gasteiger partial charge in [-0.15, -0.1) is 16.8 Å². The van der Waals surface area contributed by atoms with Crippen molar-refractivity contribution in [3.63, 3.8) is 0 Å². The number of hydrogen-bond acceptors (Lipinski definition) is 6. The molecule has 2 unspecified atom stereocenters. The summed E-state index contributed by atoms with van der Waals surface area (Å²) in [5, 5.41) is 4.95. The highest BCUT2D eigenvalue weighted by Gasteiger charge is 2.33. The lowest BCUT2D eigenvalue weighted by atomic mass is 10.1. The van der Waals surface area contributed by atoms with E-state index < -0.39 is 6.16 Å². The van der Waals surface area contributed by atoms with Gasteiger partial charge in [0.05, 0.1) is 19.3 Å². The minimum Gasteiger partial charge on any atom is -0.428 e. The van der Waals surface area contributed by atoms with Crippen LogP contribution in [0.4, 0.5) is 4.79 Å². The lowest BCUT2D eigenvalue weighted by molar-refractivity contribution is -0.165. The molecule has 0 saturated carbocycles. The minimum atomic E-state index is -0.707. The van der Waals surface area contributed by atoms with Crippen LogP contribution in [-0.4, -0.2) is 35.7 Å². The molecule has 0 amide bonds. The number of benzene rings is 4. The van der Waals surface area contributed by atoms with Gasteiger partial charge in [0.2, 0.25) is 0 Å². The first-order valence-corrected chi connectivity index (χ1v) is 13.5. The average Bonchev–Trinajstić information content (AvgIpc) is 2.93. The first-order chi connectivity index (χ1) is 18.1. The maximum absolute atomic E-state index is 12.4. The highest BCUT2D eigenvalue weighted by molar-refractivity contribution is 8.00. The molecule has 5 rings (SSSR count). The van der Waals surface area contributed by atoms with Gasteiger partial charge in [-0.2, -0.15) is 0 Å². The third kappa shape index (κ3) is 7.27. The standard InChI is InChI=1S/C30H28ClNO4S/c31-26-12-14-27(15-13-26)37-29-16-17-32(36-30(33)35-20-22-6-2-1-3-7-22)19-28(29)34-21-23-10-11-24-8-4-5-9-25(24)18-23/h1-15,18,28-29H,16-17,19-21H2. The fraction of sp³-hybridized carbons (Fsp3) is 0.233. The number of nitrogens with zero attached hydrogens (tertiary/aromatic N) is 1. The molecule has 1 fully saturated rings. The van der Waals surface area contributed by atoms with Gasteiger partial charge in [-0.1, -0.05) is 78.3 Å². The molecule has 1 saturated heterocycles. The Hall–Kier alpha value is -3.03. The molecule has 2 atom stereocenters. The van der Waals surface area contributed by atoms with Crippen LogP contribution in [0.25, 0.3) is 10.8 Å². The number of carbonyl (C=O) groups excluding carboxylic acids is 1. The quantitative estimate of drug-likeness (QED) is 0.218. The van der Waals surface area contributed by atoms with Crippen molar-refractivity contribution in [2.24, 2.45) is 0 Å². The smallest absolute Gasteiger partial charge is 0.428 e. The molecule has 1 heterocycles. The molecule has 0 radical (unpaired) electrons. The van der Waals surface area contributed by atoms with Gasteiger partial charge in [0.25, 0.3) is 0 Å². The van der Waals surface area contributed by atoms with E-state index in [2.05, 4.69) is 30.3 Å². The van der Waals surface area contributed by atoms with Gasteiger partial charge in [0, 0.05) is 21.7 Å². The second kappa shape index (κ2) is 12.5. The number of rotatable bonds is 8. The van der Waals surface area contributed by atoms with Crippen LogP contribution in [0.5, 0.6) is 0 Å². The monoisotopic (exact) mass is 533 g/mol. The fourth-order valence-electron chi connectivity index (χ4n) is 4.31. The number of hydroxylamine groups is 2. The first-order valence-electron chi connectivity index (χ1n) is 12.3. The highest BCUT2D eigenvalue weighted by atomic mass is 35.5. The van der Waals surface area contributed by atoms with Crippen LogP contribution in [-0.2, 0) is 27.5 Å². The predicted octanol–water partition coefficient (Wildman–Crippen LogP) is 7.51. The van der Waals surface area contributed by atoms with Gasteiger partial charge >= 0.3 is 6.16 Å². The Morgan fingerprint density at radius 2 is 1.62 bits per heavy atom. The number of ether oxygens (including phenoxy) is 2. The summed E-state index contributed by atoms with van der Waals surface area (Å²) in [6.07, 6.45) is -0.0643. The maximum Gasteiger partial charge on any atom is 0.528 e. The van der Waals surface area contributed by atoms with E-state index in [-0.39, 0.29) is 18.0 Å². The van der Waals surface area contributed by atoms with Crippen LogP contribution >= 0.6 is 23.4 Å². The van der Waals surface area contributed by atoms with E-state index in [1.54, 1.807) is 16.8 Å². The van der Waals surface area contributed by atoms with Crippen molar-refractivity contribution in [1.82, 2.24) is 5.06 Å². The molecular weight excluding hydrogens is 506 g/mol. The van der Waals surface area contributed by atoms with Gasteiger partial charge in [0.15, 0.2) is 0 Å². The summed E-state index contributed by atoms with van der Waals surface area (Å²) in [7, 11) is 0. The molecule has 0 spiro atoms. The highest BCUT2D eigenvalue weighted by Crippen LogP contribution is 2.33. The summed E-state index contributed by atoms with van der Waals surface area (Å²) in [5.74, 6) is 0. The molecule has 37 heavy (non-hydrogen) atoms. The van der Waals surface area contributed by atoms with Gasteiger partial charge < -0.3 is 14.3 Å². The molecule has 1 aliphatic rings. The summed E-state index contributed by atoms with van der Waals surface area (Å²) in [4.78, 5) is 19.0. The van der Waals surface area contributed by atoms with Crippen molar-refractivity contribution in [2.75, 3.05) is 13.1 Å². The average molecular weight is 534 g/mol. The molecule has 4 aromatic carbocycles. The van der Waals surface area contributed by atoms with Crippen LogP contribution in [0.1, 0.15) is 17.5 Å². The van der Waals surface area contributed by atoms with Gasteiger partial charge in [-0.3, -0.25) is 0 Å². The Balaban J connectivity index is 1.23. The SMILES string of the molecule is O=C(OCc1ccccc1)ON1CCC(Sc2ccc(Cl)cc2)C(OCc2ccc3ccccc3c2)C1. The van der Waals surface area contributed by atoms with Crippen LogP contribution in [0.3, 0.4) is 0 Å². The van der Waals surface area contributed by atoms with Gasteiger partial charge in [-0.25, -0.2) is 4.79 Å². The van der Waals surface area contributed by atoms with Crippen molar-refractivity contribution >= 4 is 40.3 Å². The van der Waals surface area contributed by atoms with Crippen LogP contribution in [0.15, 0.2) is 102 Å². The predicted molar refractivity (Wildman–Crippen MR) is 148 cm³/mol. The van der Waals surface area contributed by atoms with E-state index in [0.717, 1.165) is 22.4 Å². The van der Waals surface area contributed by atoms with Crippen LogP contribution < -0.4 is 0 Å². The van der Waals surface area contributed by atoms with Crippen molar-refractivity contribution in [1.29, 1.82) is 0 Å². The fourth-order valence-corrected chi connectivity index (χ4v) is 5.62. The van der Waals surface area contributed by atoms with Gasteiger partial charge in [0.1, 0.15) is 6.61 Å². The van der Waals surface area contributed by atoms with Gasteiger partial charge in [-0.05, 0) is 58.7 Å². The molecule has 190 valence electrons. The largest absolute Gasteiger partial charge is 0.528 e. The number of fused-ring (bicyclic) bond motifs is 1. The summed E-state index contributed by atoms with van der Waals surface area (Å²) < 4.78 is 11.8. The number of halogens is 1. The molecular formula is C30H28ClNO4S. The van der Waals surface area contributed by atoms with E-state index in [1.165, 1.54) is 10.8 Å². The molecule has 1 aliphatic heterocycles. The number of carbonyl (C=O) groups is 1. The number of hydrogen-bond donors (Lipinski definition) is 0.